The molecule has 0 radical (unpaired) electrons. The monoisotopic (exact) mass is 363 g/mol. The number of benzene rings is 1. The molecular weight excluding hydrogens is 338 g/mol. The zero-order valence-corrected chi connectivity index (χ0v) is 15.6. The van der Waals surface area contributed by atoms with Gasteiger partial charge in [-0.15, -0.1) is 0 Å². The lowest BCUT2D eigenvalue weighted by Crippen LogP contribution is -2.49. The Morgan fingerprint density at radius 1 is 1.22 bits per heavy atom. The van der Waals surface area contributed by atoms with Crippen molar-refractivity contribution in [2.75, 3.05) is 11.9 Å². The third-order valence-electron chi connectivity index (χ3n) is 6.51. The van der Waals surface area contributed by atoms with Crippen molar-refractivity contribution < 1.29 is 9.59 Å². The average molecular weight is 363 g/mol. The molecular formula is C22H25N3O2. The van der Waals surface area contributed by atoms with Gasteiger partial charge in [0.2, 0.25) is 5.91 Å². The van der Waals surface area contributed by atoms with Crippen LogP contribution in [0.1, 0.15) is 61.1 Å². The number of hydrogen-bond donors (Lipinski definition) is 1. The smallest absolute Gasteiger partial charge is 0.270 e. The highest BCUT2D eigenvalue weighted by molar-refractivity contribution is 6.08. The normalized spacial score (nSPS) is 26.5. The van der Waals surface area contributed by atoms with E-state index in [9.17, 15) is 9.59 Å². The molecule has 2 amide bonds. The highest BCUT2D eigenvalue weighted by atomic mass is 16.2. The van der Waals surface area contributed by atoms with Crippen LogP contribution in [-0.2, 0) is 10.2 Å². The van der Waals surface area contributed by atoms with Crippen molar-refractivity contribution in [3.05, 3.63) is 53.9 Å². The van der Waals surface area contributed by atoms with Crippen LogP contribution in [0.25, 0.3) is 0 Å². The Morgan fingerprint density at radius 3 is 2.81 bits per heavy atom. The van der Waals surface area contributed by atoms with Gasteiger partial charge in [0, 0.05) is 24.5 Å². The second-order valence-electron chi connectivity index (χ2n) is 8.06. The van der Waals surface area contributed by atoms with Gasteiger partial charge >= 0.3 is 0 Å². The van der Waals surface area contributed by atoms with Gasteiger partial charge in [-0.1, -0.05) is 31.5 Å². The van der Waals surface area contributed by atoms with Crippen molar-refractivity contribution in [1.82, 2.24) is 9.47 Å². The van der Waals surface area contributed by atoms with E-state index in [1.54, 1.807) is 0 Å². The summed E-state index contributed by atoms with van der Waals surface area (Å²) in [7, 11) is 0. The number of fused-ring (bicyclic) bond motifs is 2. The van der Waals surface area contributed by atoms with Gasteiger partial charge in [0.25, 0.3) is 5.91 Å². The maximum Gasteiger partial charge on any atom is 0.270 e. The van der Waals surface area contributed by atoms with Gasteiger partial charge < -0.3 is 14.8 Å². The molecule has 0 unspecified atom stereocenters. The lowest BCUT2D eigenvalue weighted by Gasteiger charge is -2.34. The van der Waals surface area contributed by atoms with Crippen LogP contribution >= 0.6 is 0 Å². The molecule has 2 aromatic rings. The molecule has 5 rings (SSSR count). The quantitative estimate of drug-likeness (QED) is 0.900. The second kappa shape index (κ2) is 5.98. The van der Waals surface area contributed by atoms with Crippen LogP contribution in [0.15, 0.2) is 42.6 Å². The van der Waals surface area contributed by atoms with E-state index in [0.717, 1.165) is 42.6 Å². The van der Waals surface area contributed by atoms with Gasteiger partial charge in [-0.05, 0) is 49.4 Å². The van der Waals surface area contributed by atoms with Gasteiger partial charge in [-0.25, -0.2) is 0 Å². The summed E-state index contributed by atoms with van der Waals surface area (Å²) < 4.78 is 2.12. The van der Waals surface area contributed by atoms with E-state index in [1.807, 2.05) is 41.4 Å². The van der Waals surface area contributed by atoms with Crippen molar-refractivity contribution in [1.29, 1.82) is 0 Å². The molecule has 0 bridgehead atoms. The number of anilines is 1. The molecule has 5 nitrogen and oxygen atoms in total. The van der Waals surface area contributed by atoms with Crippen molar-refractivity contribution in [3.8, 4) is 0 Å². The standard InChI is InChI=1S/C22H25N3O2/c1-2-6-19-22(16-7-3-4-8-17(16)23-21(22)27)12-14-25(19)20(26)18-9-5-13-24(18)15-10-11-15/h3-5,7-9,13,15,19H,2,6,10-12,14H2,1H3,(H,23,27)/t19-,22+/m0/s1. The molecule has 1 aromatic heterocycles. The molecule has 3 aliphatic rings. The minimum Gasteiger partial charge on any atom is -0.340 e. The predicted octanol–water partition coefficient (Wildman–Crippen LogP) is 3.73. The predicted molar refractivity (Wildman–Crippen MR) is 104 cm³/mol. The molecule has 27 heavy (non-hydrogen) atoms. The summed E-state index contributed by atoms with van der Waals surface area (Å²) in [5.74, 6) is 0.120. The number of rotatable bonds is 4. The zero-order valence-electron chi connectivity index (χ0n) is 15.6. The first-order chi connectivity index (χ1) is 13.2. The molecule has 1 saturated heterocycles. The summed E-state index contributed by atoms with van der Waals surface area (Å²) >= 11 is 0. The Labute approximate surface area is 159 Å². The molecule has 2 atom stereocenters. The molecule has 1 aromatic carbocycles. The number of carbonyl (C=O) groups is 2. The van der Waals surface area contributed by atoms with E-state index in [0.29, 0.717) is 19.0 Å². The van der Waals surface area contributed by atoms with Crippen LogP contribution in [0.3, 0.4) is 0 Å². The number of nitrogens with one attached hydrogen (secondary N) is 1. The van der Waals surface area contributed by atoms with E-state index in [1.165, 1.54) is 0 Å². The van der Waals surface area contributed by atoms with E-state index in [-0.39, 0.29) is 17.9 Å². The summed E-state index contributed by atoms with van der Waals surface area (Å²) in [6, 6.07) is 12.2. The fourth-order valence-electron chi connectivity index (χ4n) is 5.11. The third-order valence-corrected chi connectivity index (χ3v) is 6.51. The van der Waals surface area contributed by atoms with Gasteiger partial charge in [0.05, 0.1) is 11.5 Å². The summed E-state index contributed by atoms with van der Waals surface area (Å²) in [5, 5.41) is 3.07. The van der Waals surface area contributed by atoms with Crippen LogP contribution in [0.4, 0.5) is 5.69 Å². The number of carbonyl (C=O) groups excluding carboxylic acids is 2. The Kier molecular flexibility index (Phi) is 3.67. The van der Waals surface area contributed by atoms with Crippen molar-refractivity contribution in [2.45, 2.75) is 56.5 Å². The number of hydrogen-bond acceptors (Lipinski definition) is 2. The average Bonchev–Trinajstić information content (AvgIpc) is 3.17. The maximum atomic E-state index is 13.5. The summed E-state index contributed by atoms with van der Waals surface area (Å²) in [6.45, 7) is 2.75. The highest BCUT2D eigenvalue weighted by Gasteiger charge is 2.58. The molecule has 5 heteroatoms. The molecule has 1 spiro atoms. The van der Waals surface area contributed by atoms with Gasteiger partial charge in [-0.3, -0.25) is 9.59 Å². The Balaban J connectivity index is 1.55. The first-order valence-electron chi connectivity index (χ1n) is 10.1. The minimum absolute atomic E-state index is 0.0509. The first-order valence-corrected chi connectivity index (χ1v) is 10.1. The van der Waals surface area contributed by atoms with Crippen molar-refractivity contribution >= 4 is 17.5 Å². The third kappa shape index (κ3) is 2.30. The summed E-state index contributed by atoms with van der Waals surface area (Å²) in [4.78, 5) is 28.6. The van der Waals surface area contributed by atoms with Gasteiger partial charge in [0.1, 0.15) is 5.69 Å². The number of nitrogens with zero attached hydrogens (tertiary/aromatic N) is 2. The SMILES string of the molecule is CCC[C@@H]1N(C(=O)c2cccn2C2CC2)CC[C@]12C(=O)Nc1ccccc12. The summed E-state index contributed by atoms with van der Waals surface area (Å²) in [5.41, 5.74) is 2.11. The van der Waals surface area contributed by atoms with Gasteiger partial charge in [0.15, 0.2) is 0 Å². The van der Waals surface area contributed by atoms with E-state index in [2.05, 4.69) is 22.9 Å². The Bertz CT molecular complexity index is 914. The molecule has 3 heterocycles. The van der Waals surface area contributed by atoms with E-state index >= 15 is 0 Å². The highest BCUT2D eigenvalue weighted by Crippen LogP contribution is 2.49. The molecule has 1 saturated carbocycles. The van der Waals surface area contributed by atoms with Crippen LogP contribution in [0, 0.1) is 0 Å². The number of para-hydroxylation sites is 1. The maximum absolute atomic E-state index is 13.5. The molecule has 140 valence electrons. The lowest BCUT2D eigenvalue weighted by molar-refractivity contribution is -0.121. The number of likely N-dealkylation sites (tertiary alicyclic amines) is 1. The number of aromatic nitrogens is 1. The molecule has 1 aliphatic carbocycles. The Morgan fingerprint density at radius 2 is 2.04 bits per heavy atom. The zero-order chi connectivity index (χ0) is 18.6. The topological polar surface area (TPSA) is 54.3 Å². The van der Waals surface area contributed by atoms with Gasteiger partial charge in [-0.2, -0.15) is 0 Å². The van der Waals surface area contributed by atoms with Crippen LogP contribution < -0.4 is 5.32 Å². The largest absolute Gasteiger partial charge is 0.340 e. The van der Waals surface area contributed by atoms with E-state index in [4.69, 9.17) is 0 Å². The Hall–Kier alpha value is -2.56. The summed E-state index contributed by atoms with van der Waals surface area (Å²) in [6.07, 6.45) is 6.77. The van der Waals surface area contributed by atoms with Crippen molar-refractivity contribution in [2.24, 2.45) is 0 Å². The first kappa shape index (κ1) is 16.6. The van der Waals surface area contributed by atoms with Crippen LogP contribution in [0.5, 0.6) is 0 Å². The molecule has 1 N–H and O–H groups in total. The van der Waals surface area contributed by atoms with Crippen molar-refractivity contribution in [3.63, 3.8) is 0 Å². The van der Waals surface area contributed by atoms with Crippen LogP contribution in [0.2, 0.25) is 0 Å². The lowest BCUT2D eigenvalue weighted by atomic mass is 9.73. The minimum atomic E-state index is -0.612. The molecule has 2 fully saturated rings. The second-order valence-corrected chi connectivity index (χ2v) is 8.06. The number of amides is 2. The molecule has 2 aliphatic heterocycles. The van der Waals surface area contributed by atoms with Crippen LogP contribution in [-0.4, -0.2) is 33.9 Å². The fraction of sp³-hybridized carbons (Fsp3) is 0.455. The van der Waals surface area contributed by atoms with E-state index < -0.39 is 5.41 Å². The fourth-order valence-corrected chi connectivity index (χ4v) is 5.11.